The summed E-state index contributed by atoms with van der Waals surface area (Å²) in [6.07, 6.45) is 4.69. The van der Waals surface area contributed by atoms with Gasteiger partial charge in [-0.2, -0.15) is 0 Å². The Bertz CT molecular complexity index is 389. The maximum absolute atomic E-state index is 11.8. The van der Waals surface area contributed by atoms with E-state index in [0.29, 0.717) is 23.7 Å². The van der Waals surface area contributed by atoms with Gasteiger partial charge in [-0.05, 0) is 67.6 Å². The first-order valence-corrected chi connectivity index (χ1v) is 8.11. The SMILES string of the molecule is CC(C)C1CCC(C)C2C3CCC(C)(C(=O)O)C2C13. The Morgan fingerprint density at radius 2 is 1.89 bits per heavy atom. The molecule has 0 aromatic heterocycles. The van der Waals surface area contributed by atoms with Crippen LogP contribution in [0.1, 0.15) is 53.4 Å². The Morgan fingerprint density at radius 1 is 1.21 bits per heavy atom. The van der Waals surface area contributed by atoms with Crippen molar-refractivity contribution in [2.45, 2.75) is 53.4 Å². The molecule has 3 fully saturated rings. The van der Waals surface area contributed by atoms with Crippen molar-refractivity contribution in [3.63, 3.8) is 0 Å². The summed E-state index contributed by atoms with van der Waals surface area (Å²) >= 11 is 0. The van der Waals surface area contributed by atoms with Crippen molar-refractivity contribution in [2.24, 2.45) is 46.8 Å². The highest BCUT2D eigenvalue weighted by atomic mass is 16.4. The molecule has 19 heavy (non-hydrogen) atoms. The minimum atomic E-state index is -0.540. The summed E-state index contributed by atoms with van der Waals surface area (Å²) in [7, 11) is 0. The Morgan fingerprint density at radius 3 is 2.47 bits per heavy atom. The molecular formula is C17H28O2. The molecule has 2 nitrogen and oxygen atoms in total. The maximum Gasteiger partial charge on any atom is 0.309 e. The molecule has 0 amide bonds. The highest BCUT2D eigenvalue weighted by molar-refractivity contribution is 5.75. The zero-order valence-corrected chi connectivity index (χ0v) is 12.7. The van der Waals surface area contributed by atoms with E-state index in [4.69, 9.17) is 0 Å². The van der Waals surface area contributed by atoms with Crippen molar-refractivity contribution in [1.29, 1.82) is 0 Å². The highest BCUT2D eigenvalue weighted by Gasteiger charge is 2.67. The predicted octanol–water partition coefficient (Wildman–Crippen LogP) is 4.05. The lowest BCUT2D eigenvalue weighted by atomic mass is 9.38. The quantitative estimate of drug-likeness (QED) is 0.817. The lowest BCUT2D eigenvalue weighted by molar-refractivity contribution is -0.204. The molecule has 0 aromatic rings. The molecule has 0 spiro atoms. The summed E-state index contributed by atoms with van der Waals surface area (Å²) in [5.41, 5.74) is -0.449. The summed E-state index contributed by atoms with van der Waals surface area (Å²) in [5.74, 6) is 4.34. The van der Waals surface area contributed by atoms with Crippen molar-refractivity contribution in [2.75, 3.05) is 0 Å². The van der Waals surface area contributed by atoms with Gasteiger partial charge in [-0.3, -0.25) is 4.79 Å². The average molecular weight is 264 g/mol. The molecule has 3 aliphatic rings. The third-order valence-electron chi connectivity index (χ3n) is 7.00. The van der Waals surface area contributed by atoms with Crippen LogP contribution in [0.4, 0.5) is 0 Å². The van der Waals surface area contributed by atoms with Crippen LogP contribution in [0.3, 0.4) is 0 Å². The van der Waals surface area contributed by atoms with E-state index in [-0.39, 0.29) is 0 Å². The number of rotatable bonds is 2. The van der Waals surface area contributed by atoms with Crippen LogP contribution >= 0.6 is 0 Å². The van der Waals surface area contributed by atoms with Gasteiger partial charge in [0.25, 0.3) is 0 Å². The van der Waals surface area contributed by atoms with E-state index in [1.54, 1.807) is 0 Å². The van der Waals surface area contributed by atoms with Gasteiger partial charge in [-0.1, -0.05) is 27.2 Å². The van der Waals surface area contributed by atoms with Gasteiger partial charge >= 0.3 is 5.97 Å². The molecule has 0 aliphatic heterocycles. The fourth-order valence-electron chi connectivity index (χ4n) is 6.00. The summed E-state index contributed by atoms with van der Waals surface area (Å²) in [5, 5.41) is 9.75. The number of aliphatic carboxylic acids is 1. The number of carboxylic acids is 1. The van der Waals surface area contributed by atoms with Gasteiger partial charge in [0.2, 0.25) is 0 Å². The van der Waals surface area contributed by atoms with Crippen LogP contribution in [0, 0.1) is 46.8 Å². The molecule has 3 saturated carbocycles. The molecule has 108 valence electrons. The lowest BCUT2D eigenvalue weighted by Gasteiger charge is -2.65. The van der Waals surface area contributed by atoms with E-state index >= 15 is 0 Å². The zero-order chi connectivity index (χ0) is 13.9. The van der Waals surface area contributed by atoms with E-state index in [1.165, 1.54) is 12.8 Å². The summed E-state index contributed by atoms with van der Waals surface area (Å²) in [6.45, 7) is 9.08. The number of hydrogen-bond donors (Lipinski definition) is 1. The Hall–Kier alpha value is -0.530. The summed E-state index contributed by atoms with van der Waals surface area (Å²) in [6, 6.07) is 0. The second-order valence-corrected chi connectivity index (χ2v) is 8.07. The Kier molecular flexibility index (Phi) is 3.00. The zero-order valence-electron chi connectivity index (χ0n) is 12.7. The fraction of sp³-hybridized carbons (Fsp3) is 0.941. The Balaban J connectivity index is 1.98. The van der Waals surface area contributed by atoms with Gasteiger partial charge < -0.3 is 5.11 Å². The van der Waals surface area contributed by atoms with E-state index in [2.05, 4.69) is 20.8 Å². The minimum Gasteiger partial charge on any atom is -0.481 e. The molecule has 7 atom stereocenters. The van der Waals surface area contributed by atoms with Crippen molar-refractivity contribution in [1.82, 2.24) is 0 Å². The third kappa shape index (κ3) is 1.64. The third-order valence-corrected chi connectivity index (χ3v) is 7.00. The maximum atomic E-state index is 11.8. The first-order valence-electron chi connectivity index (χ1n) is 8.11. The molecular weight excluding hydrogens is 236 g/mol. The fourth-order valence-corrected chi connectivity index (χ4v) is 6.00. The van der Waals surface area contributed by atoms with Crippen molar-refractivity contribution >= 4 is 5.97 Å². The predicted molar refractivity (Wildman–Crippen MR) is 75.7 cm³/mol. The van der Waals surface area contributed by atoms with Crippen molar-refractivity contribution < 1.29 is 9.90 Å². The summed E-state index contributed by atoms with van der Waals surface area (Å²) < 4.78 is 0. The van der Waals surface area contributed by atoms with Gasteiger partial charge in [0, 0.05) is 0 Å². The number of carboxylic acid groups (broad SMARTS) is 1. The molecule has 0 heterocycles. The molecule has 3 aliphatic carbocycles. The standard InChI is InChI=1S/C17H28O2/c1-9(2)11-6-5-10(3)13-12-7-8-17(4,16(18)19)15(13)14(11)12/h9-15H,5-8H2,1-4H3,(H,18,19). The van der Waals surface area contributed by atoms with Crippen LogP contribution in [0.5, 0.6) is 0 Å². The van der Waals surface area contributed by atoms with E-state index in [1.807, 2.05) is 6.92 Å². The smallest absolute Gasteiger partial charge is 0.309 e. The van der Waals surface area contributed by atoms with Gasteiger partial charge in [0.15, 0.2) is 0 Å². The molecule has 1 N–H and O–H groups in total. The first kappa shape index (κ1) is 13.5. The second kappa shape index (κ2) is 4.23. The van der Waals surface area contributed by atoms with Crippen LogP contribution in [0.2, 0.25) is 0 Å². The van der Waals surface area contributed by atoms with Gasteiger partial charge in [-0.25, -0.2) is 0 Å². The van der Waals surface area contributed by atoms with E-state index in [9.17, 15) is 9.90 Å². The molecule has 3 rings (SSSR count). The first-order chi connectivity index (χ1) is 8.88. The molecule has 2 heteroatoms. The van der Waals surface area contributed by atoms with Crippen LogP contribution < -0.4 is 0 Å². The molecule has 0 aromatic carbocycles. The molecule has 0 radical (unpaired) electrons. The topological polar surface area (TPSA) is 37.3 Å². The van der Waals surface area contributed by atoms with Crippen LogP contribution in [-0.4, -0.2) is 11.1 Å². The number of hydrogen-bond acceptors (Lipinski definition) is 1. The monoisotopic (exact) mass is 264 g/mol. The number of carbonyl (C=O) groups is 1. The average Bonchev–Trinajstić information content (AvgIpc) is 2.56. The normalized spacial score (nSPS) is 52.5. The van der Waals surface area contributed by atoms with Crippen molar-refractivity contribution in [3.05, 3.63) is 0 Å². The lowest BCUT2D eigenvalue weighted by Crippen LogP contribution is -2.63. The van der Waals surface area contributed by atoms with Gasteiger partial charge in [0.1, 0.15) is 0 Å². The van der Waals surface area contributed by atoms with E-state index in [0.717, 1.165) is 30.6 Å². The minimum absolute atomic E-state index is 0.449. The number of fused-ring (bicyclic) bond motifs is 1. The molecule has 4 bridgehead atoms. The summed E-state index contributed by atoms with van der Waals surface area (Å²) in [4.78, 5) is 11.8. The van der Waals surface area contributed by atoms with Crippen LogP contribution in [0.15, 0.2) is 0 Å². The largest absolute Gasteiger partial charge is 0.481 e. The van der Waals surface area contributed by atoms with E-state index < -0.39 is 11.4 Å². The molecule has 7 unspecified atom stereocenters. The second-order valence-electron chi connectivity index (χ2n) is 8.07. The van der Waals surface area contributed by atoms with Gasteiger partial charge in [0.05, 0.1) is 5.41 Å². The van der Waals surface area contributed by atoms with Crippen LogP contribution in [-0.2, 0) is 4.79 Å². The van der Waals surface area contributed by atoms with Crippen LogP contribution in [0.25, 0.3) is 0 Å². The van der Waals surface area contributed by atoms with Gasteiger partial charge in [-0.15, -0.1) is 0 Å². The van der Waals surface area contributed by atoms with Crippen molar-refractivity contribution in [3.8, 4) is 0 Å². The highest BCUT2D eigenvalue weighted by Crippen LogP contribution is 2.69. The Labute approximate surface area is 117 Å². The molecule has 0 saturated heterocycles.